The van der Waals surface area contributed by atoms with E-state index in [9.17, 15) is 9.59 Å². The molecule has 6 heteroatoms. The lowest BCUT2D eigenvalue weighted by atomic mass is 10.1. The summed E-state index contributed by atoms with van der Waals surface area (Å²) < 4.78 is 10.5. The topological polar surface area (TPSA) is 55.8 Å². The zero-order chi connectivity index (χ0) is 20.8. The molecule has 0 spiro atoms. The Hall–Kier alpha value is -2.99. The first-order chi connectivity index (χ1) is 14.0. The fraction of sp³-hybridized carbons (Fsp3) is 0.217. The van der Waals surface area contributed by atoms with Crippen LogP contribution in [0.1, 0.15) is 15.9 Å². The number of ether oxygens (including phenoxy) is 2. The molecular weight excluding hydrogens is 386 g/mol. The van der Waals surface area contributed by atoms with E-state index in [1.165, 1.54) is 11.8 Å². The standard InChI is InChI=1S/C23H23NO4S/c1-24(14-16-8-9-18-13-19(27-2)11-10-17(18)12-16)22(25)15-28-23(26)20-6-4-5-7-21(20)29-3/h4-13H,14-15H2,1-3H3. The molecule has 0 unspecified atom stereocenters. The summed E-state index contributed by atoms with van der Waals surface area (Å²) in [6.45, 7) is 0.141. The predicted octanol–water partition coefficient (Wildman–Crippen LogP) is 4.39. The van der Waals surface area contributed by atoms with Gasteiger partial charge < -0.3 is 14.4 Å². The second-order valence-electron chi connectivity index (χ2n) is 6.57. The lowest BCUT2D eigenvalue weighted by Gasteiger charge is -2.18. The number of carbonyl (C=O) groups excluding carboxylic acids is 2. The molecule has 150 valence electrons. The molecular formula is C23H23NO4S. The lowest BCUT2D eigenvalue weighted by molar-refractivity contribution is -0.133. The number of benzene rings is 3. The highest BCUT2D eigenvalue weighted by molar-refractivity contribution is 7.98. The zero-order valence-electron chi connectivity index (χ0n) is 16.7. The van der Waals surface area contributed by atoms with Gasteiger partial charge in [-0.1, -0.05) is 30.3 Å². The van der Waals surface area contributed by atoms with Crippen LogP contribution >= 0.6 is 11.8 Å². The number of hydrogen-bond donors (Lipinski definition) is 0. The molecule has 0 radical (unpaired) electrons. The molecule has 0 aliphatic rings. The average molecular weight is 410 g/mol. The van der Waals surface area contributed by atoms with E-state index in [1.807, 2.05) is 54.8 Å². The van der Waals surface area contributed by atoms with E-state index < -0.39 is 5.97 Å². The van der Waals surface area contributed by atoms with Gasteiger partial charge >= 0.3 is 5.97 Å². The number of fused-ring (bicyclic) bond motifs is 1. The van der Waals surface area contributed by atoms with Crippen LogP contribution in [0.4, 0.5) is 0 Å². The van der Waals surface area contributed by atoms with E-state index in [0.29, 0.717) is 12.1 Å². The number of hydrogen-bond acceptors (Lipinski definition) is 5. The number of likely N-dealkylation sites (N-methyl/N-ethyl adjacent to an activating group) is 1. The van der Waals surface area contributed by atoms with Gasteiger partial charge in [0.25, 0.3) is 5.91 Å². The third-order valence-corrected chi connectivity index (χ3v) is 5.41. The Bertz CT molecular complexity index is 1030. The molecule has 0 saturated heterocycles. The Balaban J connectivity index is 1.60. The van der Waals surface area contributed by atoms with Crippen molar-refractivity contribution in [3.8, 4) is 5.75 Å². The SMILES string of the molecule is COc1ccc2cc(CN(C)C(=O)COC(=O)c3ccccc3SC)ccc2c1. The summed E-state index contributed by atoms with van der Waals surface area (Å²) in [5.74, 6) is 0.0635. The Morgan fingerprint density at radius 2 is 1.72 bits per heavy atom. The highest BCUT2D eigenvalue weighted by Gasteiger charge is 2.16. The van der Waals surface area contributed by atoms with Gasteiger partial charge in [-0.2, -0.15) is 0 Å². The van der Waals surface area contributed by atoms with Gasteiger partial charge in [-0.15, -0.1) is 11.8 Å². The van der Waals surface area contributed by atoms with E-state index in [4.69, 9.17) is 9.47 Å². The maximum atomic E-state index is 12.4. The average Bonchev–Trinajstić information content (AvgIpc) is 2.76. The second-order valence-corrected chi connectivity index (χ2v) is 7.42. The van der Waals surface area contributed by atoms with Crippen LogP contribution in [0.25, 0.3) is 10.8 Å². The molecule has 0 saturated carbocycles. The third-order valence-electron chi connectivity index (χ3n) is 4.61. The summed E-state index contributed by atoms with van der Waals surface area (Å²) in [6, 6.07) is 19.1. The Kier molecular flexibility index (Phi) is 6.77. The minimum atomic E-state index is -0.489. The van der Waals surface area contributed by atoms with Crippen molar-refractivity contribution in [3.05, 3.63) is 71.8 Å². The molecule has 5 nitrogen and oxygen atoms in total. The van der Waals surface area contributed by atoms with E-state index in [1.54, 1.807) is 31.2 Å². The molecule has 0 atom stereocenters. The van der Waals surface area contributed by atoms with Gasteiger partial charge in [0.2, 0.25) is 0 Å². The van der Waals surface area contributed by atoms with Crippen LogP contribution in [0.3, 0.4) is 0 Å². The van der Waals surface area contributed by atoms with Crippen LogP contribution < -0.4 is 4.74 Å². The zero-order valence-corrected chi connectivity index (χ0v) is 17.5. The summed E-state index contributed by atoms with van der Waals surface area (Å²) >= 11 is 1.47. The van der Waals surface area contributed by atoms with Gasteiger partial charge in [-0.05, 0) is 52.9 Å². The van der Waals surface area contributed by atoms with Crippen LogP contribution in [-0.4, -0.2) is 43.8 Å². The van der Waals surface area contributed by atoms with Gasteiger partial charge in [-0.25, -0.2) is 4.79 Å². The molecule has 1 amide bonds. The van der Waals surface area contributed by atoms with Gasteiger partial charge in [-0.3, -0.25) is 4.79 Å². The van der Waals surface area contributed by atoms with Crippen molar-refractivity contribution in [1.82, 2.24) is 4.90 Å². The van der Waals surface area contributed by atoms with Crippen LogP contribution in [-0.2, 0) is 16.1 Å². The highest BCUT2D eigenvalue weighted by atomic mass is 32.2. The molecule has 0 heterocycles. The van der Waals surface area contributed by atoms with Crippen LogP contribution in [0.2, 0.25) is 0 Å². The van der Waals surface area contributed by atoms with E-state index in [0.717, 1.165) is 27.0 Å². The molecule has 0 aromatic heterocycles. The predicted molar refractivity (Wildman–Crippen MR) is 115 cm³/mol. The minimum Gasteiger partial charge on any atom is -0.497 e. The highest BCUT2D eigenvalue weighted by Crippen LogP contribution is 2.23. The van der Waals surface area contributed by atoms with E-state index in [2.05, 4.69) is 0 Å². The maximum absolute atomic E-state index is 12.4. The first kappa shape index (κ1) is 20.7. The lowest BCUT2D eigenvalue weighted by Crippen LogP contribution is -2.30. The minimum absolute atomic E-state index is 0.255. The summed E-state index contributed by atoms with van der Waals surface area (Å²) in [7, 11) is 3.34. The molecule has 0 aliphatic heterocycles. The number of methoxy groups -OCH3 is 1. The number of esters is 1. The molecule has 0 bridgehead atoms. The van der Waals surface area contributed by atoms with Crippen LogP contribution in [0.15, 0.2) is 65.6 Å². The Morgan fingerprint density at radius 1 is 1.00 bits per heavy atom. The molecule has 3 aromatic carbocycles. The first-order valence-corrected chi connectivity index (χ1v) is 10.3. The number of thioether (sulfide) groups is 1. The van der Waals surface area contributed by atoms with Crippen molar-refractivity contribution in [2.24, 2.45) is 0 Å². The van der Waals surface area contributed by atoms with Crippen LogP contribution in [0, 0.1) is 0 Å². The summed E-state index contributed by atoms with van der Waals surface area (Å²) in [5, 5.41) is 2.15. The fourth-order valence-corrected chi connectivity index (χ4v) is 3.58. The Morgan fingerprint density at radius 3 is 2.48 bits per heavy atom. The summed E-state index contributed by atoms with van der Waals surface area (Å²) in [6.07, 6.45) is 1.89. The molecule has 0 aliphatic carbocycles. The van der Waals surface area contributed by atoms with Crippen molar-refractivity contribution < 1.29 is 19.1 Å². The van der Waals surface area contributed by atoms with Gasteiger partial charge in [0.1, 0.15) is 5.75 Å². The van der Waals surface area contributed by atoms with Crippen LogP contribution in [0.5, 0.6) is 5.75 Å². The van der Waals surface area contributed by atoms with Crippen molar-refractivity contribution in [1.29, 1.82) is 0 Å². The van der Waals surface area contributed by atoms with E-state index >= 15 is 0 Å². The third kappa shape index (κ3) is 5.09. The largest absolute Gasteiger partial charge is 0.497 e. The number of amides is 1. The normalized spacial score (nSPS) is 10.6. The van der Waals surface area contributed by atoms with Crippen molar-refractivity contribution in [3.63, 3.8) is 0 Å². The van der Waals surface area contributed by atoms with Gasteiger partial charge in [0, 0.05) is 18.5 Å². The van der Waals surface area contributed by atoms with Crippen molar-refractivity contribution >= 4 is 34.4 Å². The van der Waals surface area contributed by atoms with Gasteiger partial charge in [0.15, 0.2) is 6.61 Å². The maximum Gasteiger partial charge on any atom is 0.339 e. The van der Waals surface area contributed by atoms with Gasteiger partial charge in [0.05, 0.1) is 12.7 Å². The molecule has 29 heavy (non-hydrogen) atoms. The molecule has 0 N–H and O–H groups in total. The second kappa shape index (κ2) is 9.47. The quantitative estimate of drug-likeness (QED) is 0.428. The molecule has 0 fully saturated rings. The summed E-state index contributed by atoms with van der Waals surface area (Å²) in [4.78, 5) is 27.1. The van der Waals surface area contributed by atoms with E-state index in [-0.39, 0.29) is 12.5 Å². The smallest absolute Gasteiger partial charge is 0.339 e. The molecule has 3 aromatic rings. The first-order valence-electron chi connectivity index (χ1n) is 9.12. The molecule has 3 rings (SSSR count). The van der Waals surface area contributed by atoms with Crippen molar-refractivity contribution in [2.75, 3.05) is 27.0 Å². The van der Waals surface area contributed by atoms with Crippen molar-refractivity contribution in [2.45, 2.75) is 11.4 Å². The summed E-state index contributed by atoms with van der Waals surface area (Å²) in [5.41, 5.74) is 1.47. The number of rotatable bonds is 7. The number of nitrogens with zero attached hydrogens (tertiary/aromatic N) is 1. The Labute approximate surface area is 174 Å². The fourth-order valence-electron chi connectivity index (χ4n) is 2.99. The monoisotopic (exact) mass is 409 g/mol. The number of carbonyl (C=O) groups is 2.